The molecule has 1 aromatic heterocycles. The number of hydrogen-bond donors (Lipinski definition) is 0. The molecule has 2 saturated heterocycles. The smallest absolute Gasteiger partial charge is 0.230 e. The Kier molecular flexibility index (Phi) is 5.54. The fraction of sp³-hybridized carbons (Fsp3) is 0.565. The first kappa shape index (κ1) is 19.2. The molecule has 0 saturated carbocycles. The number of imidazole rings is 1. The molecule has 2 aromatic rings. The molecule has 5 nitrogen and oxygen atoms in total. The van der Waals surface area contributed by atoms with E-state index < -0.39 is 0 Å². The van der Waals surface area contributed by atoms with Gasteiger partial charge in [-0.25, -0.2) is 4.98 Å². The van der Waals surface area contributed by atoms with Gasteiger partial charge in [-0.05, 0) is 57.2 Å². The molecule has 1 atom stereocenters. The molecule has 1 spiro atoms. The van der Waals surface area contributed by atoms with Crippen molar-refractivity contribution in [3.05, 3.63) is 54.1 Å². The highest BCUT2D eigenvalue weighted by Crippen LogP contribution is 2.45. The predicted octanol–water partition coefficient (Wildman–Crippen LogP) is 3.52. The zero-order chi connectivity index (χ0) is 19.6. The van der Waals surface area contributed by atoms with Gasteiger partial charge in [0.15, 0.2) is 0 Å². The fourth-order valence-corrected chi connectivity index (χ4v) is 5.03. The van der Waals surface area contributed by atoms with E-state index in [4.69, 9.17) is 0 Å². The Balaban J connectivity index is 1.46. The second kappa shape index (κ2) is 8.08. The lowest BCUT2D eigenvalue weighted by Crippen LogP contribution is -2.53. The van der Waals surface area contributed by atoms with Gasteiger partial charge < -0.3 is 9.47 Å². The molecule has 28 heavy (non-hydrogen) atoms. The number of hydrogen-bond acceptors (Lipinski definition) is 3. The molecular formula is C23H32N4O. The van der Waals surface area contributed by atoms with Crippen molar-refractivity contribution in [2.24, 2.45) is 5.41 Å². The molecule has 2 aliphatic rings. The monoisotopic (exact) mass is 380 g/mol. The number of aromatic nitrogens is 2. The van der Waals surface area contributed by atoms with Crippen molar-refractivity contribution in [1.29, 1.82) is 0 Å². The summed E-state index contributed by atoms with van der Waals surface area (Å²) < 4.78 is 2.23. The van der Waals surface area contributed by atoms with Crippen molar-refractivity contribution in [1.82, 2.24) is 19.4 Å². The van der Waals surface area contributed by atoms with E-state index in [9.17, 15) is 4.79 Å². The van der Waals surface area contributed by atoms with Crippen molar-refractivity contribution in [3.8, 4) is 0 Å². The van der Waals surface area contributed by atoms with Crippen molar-refractivity contribution in [2.45, 2.75) is 52.1 Å². The summed E-state index contributed by atoms with van der Waals surface area (Å²) in [5, 5.41) is 0. The van der Waals surface area contributed by atoms with Gasteiger partial charge in [0.05, 0.1) is 12.5 Å². The maximum absolute atomic E-state index is 13.0. The molecule has 3 heterocycles. The first-order valence-corrected chi connectivity index (χ1v) is 10.7. The van der Waals surface area contributed by atoms with E-state index in [2.05, 4.69) is 63.7 Å². The van der Waals surface area contributed by atoms with Crippen molar-refractivity contribution < 1.29 is 4.79 Å². The van der Waals surface area contributed by atoms with Gasteiger partial charge in [0.1, 0.15) is 5.82 Å². The minimum atomic E-state index is 0.0143. The van der Waals surface area contributed by atoms with Gasteiger partial charge >= 0.3 is 0 Å². The molecule has 2 aliphatic heterocycles. The lowest BCUT2D eigenvalue weighted by atomic mass is 9.67. The zero-order valence-corrected chi connectivity index (χ0v) is 17.2. The number of carbonyl (C=O) groups excluding carboxylic acids is 1. The molecule has 4 rings (SSSR count). The van der Waals surface area contributed by atoms with Gasteiger partial charge in [-0.3, -0.25) is 9.69 Å². The molecule has 0 unspecified atom stereocenters. The normalized spacial score (nSPS) is 22.7. The van der Waals surface area contributed by atoms with E-state index in [1.165, 1.54) is 5.56 Å². The van der Waals surface area contributed by atoms with Crippen LogP contribution in [0.4, 0.5) is 0 Å². The molecule has 0 N–H and O–H groups in total. The SMILES string of the molecule is CCN1CC2(CCN(Cc3nccn3CC)CC2)C[C@H](c2ccccc2)C1=O. The van der Waals surface area contributed by atoms with Crippen molar-refractivity contribution >= 4 is 5.91 Å². The number of amides is 1. The van der Waals surface area contributed by atoms with Gasteiger partial charge in [-0.2, -0.15) is 0 Å². The van der Waals surface area contributed by atoms with E-state index in [0.717, 1.165) is 64.4 Å². The maximum atomic E-state index is 13.0. The predicted molar refractivity (Wildman–Crippen MR) is 111 cm³/mol. The molecular weight excluding hydrogens is 348 g/mol. The van der Waals surface area contributed by atoms with Crippen LogP contribution in [0.5, 0.6) is 0 Å². The summed E-state index contributed by atoms with van der Waals surface area (Å²) in [6.45, 7) is 10.1. The summed E-state index contributed by atoms with van der Waals surface area (Å²) in [6, 6.07) is 10.4. The Morgan fingerprint density at radius 2 is 1.86 bits per heavy atom. The second-order valence-corrected chi connectivity index (χ2v) is 8.43. The summed E-state index contributed by atoms with van der Waals surface area (Å²) in [6.07, 6.45) is 7.28. The maximum Gasteiger partial charge on any atom is 0.230 e. The molecule has 0 radical (unpaired) electrons. The minimum absolute atomic E-state index is 0.0143. The van der Waals surface area contributed by atoms with Crippen LogP contribution in [0, 0.1) is 5.41 Å². The van der Waals surface area contributed by atoms with Crippen molar-refractivity contribution in [3.63, 3.8) is 0 Å². The molecule has 0 bridgehead atoms. The number of aryl methyl sites for hydroxylation is 1. The average molecular weight is 381 g/mol. The third-order valence-electron chi connectivity index (χ3n) is 6.78. The summed E-state index contributed by atoms with van der Waals surface area (Å²) >= 11 is 0. The molecule has 150 valence electrons. The highest BCUT2D eigenvalue weighted by atomic mass is 16.2. The zero-order valence-electron chi connectivity index (χ0n) is 17.2. The van der Waals surface area contributed by atoms with E-state index >= 15 is 0 Å². The third kappa shape index (κ3) is 3.72. The first-order valence-electron chi connectivity index (χ1n) is 10.7. The van der Waals surface area contributed by atoms with Gasteiger partial charge in [0.2, 0.25) is 5.91 Å². The standard InChI is InChI=1S/C23H32N4O/c1-3-26-15-12-24-21(26)17-25-13-10-23(11-14-25)16-20(19-8-6-5-7-9-19)22(28)27(4-2)18-23/h5-9,12,15,20H,3-4,10-11,13-14,16-18H2,1-2H3/t20-/m1/s1. The lowest BCUT2D eigenvalue weighted by Gasteiger charge is -2.49. The molecule has 1 amide bonds. The summed E-state index contributed by atoms with van der Waals surface area (Å²) in [5.74, 6) is 1.49. The number of piperidine rings is 2. The topological polar surface area (TPSA) is 41.4 Å². The Hall–Kier alpha value is -2.14. The lowest BCUT2D eigenvalue weighted by molar-refractivity contribution is -0.141. The fourth-order valence-electron chi connectivity index (χ4n) is 5.03. The van der Waals surface area contributed by atoms with Crippen LogP contribution < -0.4 is 0 Å². The number of likely N-dealkylation sites (N-methyl/N-ethyl adjacent to an activating group) is 1. The second-order valence-electron chi connectivity index (χ2n) is 8.43. The van der Waals surface area contributed by atoms with Crippen LogP contribution in [0.25, 0.3) is 0 Å². The van der Waals surface area contributed by atoms with E-state index in [1.54, 1.807) is 0 Å². The van der Waals surface area contributed by atoms with Gasteiger partial charge in [0, 0.05) is 32.0 Å². The van der Waals surface area contributed by atoms with Crippen LogP contribution in [-0.4, -0.2) is 51.4 Å². The molecule has 5 heteroatoms. The van der Waals surface area contributed by atoms with Gasteiger partial charge in [-0.15, -0.1) is 0 Å². The van der Waals surface area contributed by atoms with Crippen molar-refractivity contribution in [2.75, 3.05) is 26.2 Å². The Labute approximate surface area is 168 Å². The van der Waals surface area contributed by atoms with Crippen LogP contribution in [0.15, 0.2) is 42.7 Å². The van der Waals surface area contributed by atoms with Crippen LogP contribution in [0.1, 0.15) is 50.4 Å². The Morgan fingerprint density at radius 1 is 1.11 bits per heavy atom. The summed E-state index contributed by atoms with van der Waals surface area (Å²) in [4.78, 5) is 22.2. The molecule has 0 aliphatic carbocycles. The summed E-state index contributed by atoms with van der Waals surface area (Å²) in [5.41, 5.74) is 1.43. The summed E-state index contributed by atoms with van der Waals surface area (Å²) in [7, 11) is 0. The number of carbonyl (C=O) groups is 1. The molecule has 1 aromatic carbocycles. The van der Waals surface area contributed by atoms with E-state index in [-0.39, 0.29) is 11.3 Å². The number of benzene rings is 1. The first-order chi connectivity index (χ1) is 13.6. The molecule has 2 fully saturated rings. The van der Waals surface area contributed by atoms with Gasteiger partial charge in [0.25, 0.3) is 0 Å². The Bertz CT molecular complexity index is 792. The highest BCUT2D eigenvalue weighted by Gasteiger charge is 2.45. The van der Waals surface area contributed by atoms with Crippen LogP contribution in [0.2, 0.25) is 0 Å². The average Bonchev–Trinajstić information content (AvgIpc) is 3.19. The van der Waals surface area contributed by atoms with E-state index in [1.807, 2.05) is 12.3 Å². The number of likely N-dealkylation sites (tertiary alicyclic amines) is 2. The van der Waals surface area contributed by atoms with Crippen LogP contribution in [-0.2, 0) is 17.9 Å². The quantitative estimate of drug-likeness (QED) is 0.797. The van der Waals surface area contributed by atoms with Crippen LogP contribution in [0.3, 0.4) is 0 Å². The number of rotatable bonds is 5. The largest absolute Gasteiger partial charge is 0.342 e. The van der Waals surface area contributed by atoms with Crippen LogP contribution >= 0.6 is 0 Å². The van der Waals surface area contributed by atoms with Gasteiger partial charge in [-0.1, -0.05) is 30.3 Å². The van der Waals surface area contributed by atoms with E-state index in [0.29, 0.717) is 5.91 Å². The highest BCUT2D eigenvalue weighted by molar-refractivity contribution is 5.84. The number of nitrogens with zero attached hydrogens (tertiary/aromatic N) is 4. The third-order valence-corrected chi connectivity index (χ3v) is 6.78. The Morgan fingerprint density at radius 3 is 2.54 bits per heavy atom. The minimum Gasteiger partial charge on any atom is -0.342 e.